The smallest absolute Gasteiger partial charge is 0.268 e. The normalized spacial score (nSPS) is 12.8. The van der Waals surface area contributed by atoms with Crippen LogP contribution in [0.5, 0.6) is 0 Å². The monoisotopic (exact) mass is 289 g/mol. The maximum Gasteiger partial charge on any atom is 0.268 e. The van der Waals surface area contributed by atoms with Gasteiger partial charge < -0.3 is 20.8 Å². The number of nitrogens with two attached hydrogens (primary N) is 1. The highest BCUT2D eigenvalue weighted by Gasteiger charge is 2.18. The molecule has 0 spiro atoms. The zero-order chi connectivity index (χ0) is 15.4. The number of ether oxygens (including phenoxy) is 1. The first-order valence-electron chi connectivity index (χ1n) is 7.28. The summed E-state index contributed by atoms with van der Waals surface area (Å²) in [7, 11) is 0. The fourth-order valence-corrected chi connectivity index (χ4v) is 2.17. The Balaban J connectivity index is 2.13. The molecule has 1 aromatic heterocycles. The summed E-state index contributed by atoms with van der Waals surface area (Å²) in [5.74, 6) is 0.184. The predicted octanol–water partition coefficient (Wildman–Crippen LogP) is 2.54. The first-order valence-corrected chi connectivity index (χ1v) is 7.28. The van der Waals surface area contributed by atoms with E-state index in [4.69, 9.17) is 10.5 Å². The number of rotatable bonds is 6. The van der Waals surface area contributed by atoms with E-state index in [0.717, 1.165) is 10.9 Å². The third-order valence-electron chi connectivity index (χ3n) is 3.51. The fraction of sp³-hybridized carbons (Fsp3) is 0.438. The van der Waals surface area contributed by atoms with Crippen molar-refractivity contribution in [1.82, 2.24) is 10.3 Å². The van der Waals surface area contributed by atoms with Crippen LogP contribution >= 0.6 is 0 Å². The van der Waals surface area contributed by atoms with Crippen molar-refractivity contribution in [3.8, 4) is 0 Å². The highest BCUT2D eigenvalue weighted by molar-refractivity contribution is 5.98. The van der Waals surface area contributed by atoms with Crippen LogP contribution < -0.4 is 11.1 Å². The van der Waals surface area contributed by atoms with Crippen LogP contribution in [0.3, 0.4) is 0 Å². The molecule has 114 valence electrons. The molecule has 4 N–H and O–H groups in total. The molecule has 0 aliphatic heterocycles. The minimum atomic E-state index is -0.122. The molecule has 21 heavy (non-hydrogen) atoms. The molecular formula is C16H23N3O2. The Hall–Kier alpha value is -2.01. The maximum absolute atomic E-state index is 12.3. The number of aromatic nitrogens is 1. The highest BCUT2D eigenvalue weighted by Crippen LogP contribution is 2.18. The number of amides is 1. The van der Waals surface area contributed by atoms with Crippen LogP contribution in [0.15, 0.2) is 24.3 Å². The van der Waals surface area contributed by atoms with Gasteiger partial charge in [-0.15, -0.1) is 0 Å². The summed E-state index contributed by atoms with van der Waals surface area (Å²) in [6.45, 7) is 7.24. The van der Waals surface area contributed by atoms with Gasteiger partial charge in [0.05, 0.1) is 12.6 Å². The first kappa shape index (κ1) is 15.4. The lowest BCUT2D eigenvalue weighted by Crippen LogP contribution is -2.42. The van der Waals surface area contributed by atoms with Gasteiger partial charge >= 0.3 is 0 Å². The van der Waals surface area contributed by atoms with E-state index in [0.29, 0.717) is 30.5 Å². The molecule has 2 rings (SSSR count). The van der Waals surface area contributed by atoms with E-state index in [9.17, 15) is 4.79 Å². The number of H-pyrrole nitrogens is 1. The van der Waals surface area contributed by atoms with E-state index in [-0.39, 0.29) is 11.9 Å². The molecule has 1 aromatic carbocycles. The third kappa shape index (κ3) is 3.76. The molecule has 0 bridgehead atoms. The number of hydrogen-bond donors (Lipinski definition) is 3. The van der Waals surface area contributed by atoms with E-state index < -0.39 is 0 Å². The lowest BCUT2D eigenvalue weighted by molar-refractivity contribution is 0.0802. The molecule has 1 amide bonds. The molecule has 0 saturated heterocycles. The van der Waals surface area contributed by atoms with Gasteiger partial charge in [-0.05, 0) is 37.1 Å². The van der Waals surface area contributed by atoms with Crippen molar-refractivity contribution in [1.29, 1.82) is 0 Å². The molecule has 0 fully saturated rings. The van der Waals surface area contributed by atoms with Crippen molar-refractivity contribution >= 4 is 22.5 Å². The second-order valence-corrected chi connectivity index (χ2v) is 5.51. The van der Waals surface area contributed by atoms with Gasteiger partial charge in [-0.2, -0.15) is 0 Å². The number of benzene rings is 1. The molecule has 0 aliphatic carbocycles. The molecule has 0 aliphatic rings. The molecule has 1 heterocycles. The molecule has 1 unspecified atom stereocenters. The van der Waals surface area contributed by atoms with E-state index >= 15 is 0 Å². The molecule has 5 heteroatoms. The Bertz CT molecular complexity index is 619. The Morgan fingerprint density at radius 1 is 1.38 bits per heavy atom. The van der Waals surface area contributed by atoms with Gasteiger partial charge in [-0.1, -0.05) is 13.8 Å². The second kappa shape index (κ2) is 6.63. The first-order chi connectivity index (χ1) is 10.0. The summed E-state index contributed by atoms with van der Waals surface area (Å²) in [5, 5.41) is 3.95. The fourth-order valence-electron chi connectivity index (χ4n) is 2.17. The predicted molar refractivity (Wildman–Crippen MR) is 85.3 cm³/mol. The number of fused-ring (bicyclic) bond motifs is 1. The highest BCUT2D eigenvalue weighted by atomic mass is 16.5. The van der Waals surface area contributed by atoms with E-state index in [1.807, 2.05) is 31.2 Å². The van der Waals surface area contributed by atoms with Crippen LogP contribution in [0.4, 0.5) is 5.69 Å². The van der Waals surface area contributed by atoms with Crippen LogP contribution in [0, 0.1) is 5.92 Å². The minimum Gasteiger partial charge on any atom is -0.399 e. The summed E-state index contributed by atoms with van der Waals surface area (Å²) in [4.78, 5) is 15.5. The Morgan fingerprint density at radius 3 is 2.81 bits per heavy atom. The Morgan fingerprint density at radius 2 is 2.14 bits per heavy atom. The van der Waals surface area contributed by atoms with Gasteiger partial charge in [0.15, 0.2) is 0 Å². The van der Waals surface area contributed by atoms with Crippen molar-refractivity contribution in [2.75, 3.05) is 18.9 Å². The summed E-state index contributed by atoms with van der Waals surface area (Å²) < 4.78 is 5.43. The molecule has 1 atom stereocenters. The summed E-state index contributed by atoms with van der Waals surface area (Å²) in [6.07, 6.45) is 0. The van der Waals surface area contributed by atoms with Gasteiger partial charge in [0.25, 0.3) is 5.91 Å². The molecule has 2 aromatic rings. The van der Waals surface area contributed by atoms with Crippen LogP contribution in [0.2, 0.25) is 0 Å². The standard InChI is InChI=1S/C16H23N3O2/c1-4-21-9-15(10(2)3)19-16(20)14-8-11-7-12(17)5-6-13(11)18-14/h5-8,10,15,18H,4,9,17H2,1-3H3,(H,19,20). The van der Waals surface area contributed by atoms with Crippen molar-refractivity contribution in [2.45, 2.75) is 26.8 Å². The third-order valence-corrected chi connectivity index (χ3v) is 3.51. The van der Waals surface area contributed by atoms with Gasteiger partial charge in [0.1, 0.15) is 5.69 Å². The maximum atomic E-state index is 12.3. The Labute approximate surface area is 124 Å². The molecule has 0 radical (unpaired) electrons. The van der Waals surface area contributed by atoms with Crippen LogP contribution in [0.1, 0.15) is 31.3 Å². The molecular weight excluding hydrogens is 266 g/mol. The Kier molecular flexibility index (Phi) is 4.85. The van der Waals surface area contributed by atoms with E-state index in [1.165, 1.54) is 0 Å². The largest absolute Gasteiger partial charge is 0.399 e. The van der Waals surface area contributed by atoms with Crippen LogP contribution in [-0.2, 0) is 4.74 Å². The number of aromatic amines is 1. The van der Waals surface area contributed by atoms with Gasteiger partial charge in [-0.25, -0.2) is 0 Å². The lowest BCUT2D eigenvalue weighted by Gasteiger charge is -2.21. The average Bonchev–Trinajstić information content (AvgIpc) is 2.85. The average molecular weight is 289 g/mol. The van der Waals surface area contributed by atoms with Gasteiger partial charge in [0, 0.05) is 23.2 Å². The van der Waals surface area contributed by atoms with Crippen molar-refractivity contribution in [2.24, 2.45) is 5.92 Å². The summed E-state index contributed by atoms with van der Waals surface area (Å²) >= 11 is 0. The summed E-state index contributed by atoms with van der Waals surface area (Å²) in [6, 6.07) is 7.35. The van der Waals surface area contributed by atoms with Crippen molar-refractivity contribution in [3.63, 3.8) is 0 Å². The number of carbonyl (C=O) groups excluding carboxylic acids is 1. The molecule has 0 saturated carbocycles. The lowest BCUT2D eigenvalue weighted by atomic mass is 10.1. The van der Waals surface area contributed by atoms with Crippen LogP contribution in [0.25, 0.3) is 10.9 Å². The van der Waals surface area contributed by atoms with Gasteiger partial charge in [0.2, 0.25) is 0 Å². The zero-order valence-electron chi connectivity index (χ0n) is 12.8. The molecule has 5 nitrogen and oxygen atoms in total. The van der Waals surface area contributed by atoms with E-state index in [1.54, 1.807) is 0 Å². The van der Waals surface area contributed by atoms with E-state index in [2.05, 4.69) is 24.1 Å². The zero-order valence-corrected chi connectivity index (χ0v) is 12.8. The second-order valence-electron chi connectivity index (χ2n) is 5.51. The quantitative estimate of drug-likeness (QED) is 0.715. The number of nitrogens with one attached hydrogen (secondary N) is 2. The SMILES string of the molecule is CCOCC(NC(=O)c1cc2cc(N)ccc2[nH]1)C(C)C. The van der Waals surface area contributed by atoms with Crippen molar-refractivity contribution in [3.05, 3.63) is 30.0 Å². The van der Waals surface area contributed by atoms with Gasteiger partial charge in [-0.3, -0.25) is 4.79 Å². The minimum absolute atomic E-state index is 0.00562. The number of nitrogen functional groups attached to an aromatic ring is 1. The number of anilines is 1. The number of carbonyl (C=O) groups is 1. The topological polar surface area (TPSA) is 80.1 Å². The number of hydrogen-bond acceptors (Lipinski definition) is 3. The van der Waals surface area contributed by atoms with Crippen molar-refractivity contribution < 1.29 is 9.53 Å². The summed E-state index contributed by atoms with van der Waals surface area (Å²) in [5.41, 5.74) is 7.88. The van der Waals surface area contributed by atoms with Crippen LogP contribution in [-0.4, -0.2) is 30.1 Å².